The number of hydrogen-bond donors (Lipinski definition) is 1. The van der Waals surface area contributed by atoms with Gasteiger partial charge in [0.25, 0.3) is 0 Å². The van der Waals surface area contributed by atoms with E-state index < -0.39 is 0 Å². The van der Waals surface area contributed by atoms with Crippen molar-refractivity contribution in [2.45, 2.75) is 57.2 Å². The summed E-state index contributed by atoms with van der Waals surface area (Å²) in [5.74, 6) is 0.693. The van der Waals surface area contributed by atoms with Gasteiger partial charge in [0.15, 0.2) is 0 Å². The predicted octanol–water partition coefficient (Wildman–Crippen LogP) is 1.07. The van der Waals surface area contributed by atoms with Crippen molar-refractivity contribution < 1.29 is 4.79 Å². The van der Waals surface area contributed by atoms with Crippen LogP contribution < -0.4 is 5.32 Å². The summed E-state index contributed by atoms with van der Waals surface area (Å²) >= 11 is 0. The molecule has 1 amide bonds. The van der Waals surface area contributed by atoms with E-state index >= 15 is 0 Å². The lowest BCUT2D eigenvalue weighted by Gasteiger charge is -2.34. The zero-order chi connectivity index (χ0) is 13.4. The number of nitrogens with zero attached hydrogens (tertiary/aromatic N) is 2. The van der Waals surface area contributed by atoms with E-state index in [2.05, 4.69) is 29.1 Å². The molecule has 0 saturated carbocycles. The molecule has 3 heterocycles. The minimum Gasteiger partial charge on any atom is -0.338 e. The van der Waals surface area contributed by atoms with Gasteiger partial charge in [0.1, 0.15) is 0 Å². The fourth-order valence-corrected chi connectivity index (χ4v) is 4.19. The van der Waals surface area contributed by atoms with Crippen LogP contribution in [0.3, 0.4) is 0 Å². The molecule has 2 bridgehead atoms. The summed E-state index contributed by atoms with van der Waals surface area (Å²) in [5.41, 5.74) is 0. The number of carbonyl (C=O) groups is 1. The molecule has 19 heavy (non-hydrogen) atoms. The molecule has 0 aromatic heterocycles. The quantitative estimate of drug-likeness (QED) is 0.811. The maximum atomic E-state index is 12.9. The third kappa shape index (κ3) is 2.52. The Morgan fingerprint density at radius 1 is 1.32 bits per heavy atom. The van der Waals surface area contributed by atoms with Crippen LogP contribution in [0.25, 0.3) is 0 Å². The summed E-state index contributed by atoms with van der Waals surface area (Å²) in [6, 6.07) is 1.50. The van der Waals surface area contributed by atoms with E-state index in [1.165, 1.54) is 12.8 Å². The number of likely N-dealkylation sites (N-methyl/N-ethyl adjacent to an activating group) is 1. The molecule has 1 N–H and O–H groups in total. The predicted molar refractivity (Wildman–Crippen MR) is 76.0 cm³/mol. The van der Waals surface area contributed by atoms with Crippen LogP contribution >= 0.6 is 0 Å². The van der Waals surface area contributed by atoms with Gasteiger partial charge in [0, 0.05) is 31.2 Å². The molecule has 3 fully saturated rings. The van der Waals surface area contributed by atoms with Gasteiger partial charge < -0.3 is 15.1 Å². The summed E-state index contributed by atoms with van der Waals surface area (Å²) in [7, 11) is 2.18. The fraction of sp³-hybridized carbons (Fsp3) is 0.933. The van der Waals surface area contributed by atoms with Gasteiger partial charge in [-0.15, -0.1) is 0 Å². The topological polar surface area (TPSA) is 35.6 Å². The van der Waals surface area contributed by atoms with E-state index in [4.69, 9.17) is 0 Å². The van der Waals surface area contributed by atoms with Crippen LogP contribution in [0.2, 0.25) is 0 Å². The third-order valence-electron chi connectivity index (χ3n) is 5.27. The zero-order valence-electron chi connectivity index (χ0n) is 12.3. The number of rotatable bonds is 2. The van der Waals surface area contributed by atoms with Gasteiger partial charge in [-0.25, -0.2) is 0 Å². The van der Waals surface area contributed by atoms with Gasteiger partial charge >= 0.3 is 0 Å². The average molecular weight is 265 g/mol. The number of hydrogen-bond acceptors (Lipinski definition) is 3. The first-order chi connectivity index (χ1) is 9.19. The molecule has 3 saturated heterocycles. The molecular weight excluding hydrogens is 238 g/mol. The van der Waals surface area contributed by atoms with Crippen LogP contribution in [0.15, 0.2) is 0 Å². The van der Waals surface area contributed by atoms with Crippen molar-refractivity contribution in [2.24, 2.45) is 5.92 Å². The minimum atomic E-state index is 0.260. The molecule has 4 heteroatoms. The molecule has 4 nitrogen and oxygen atoms in total. The summed E-state index contributed by atoms with van der Waals surface area (Å²) < 4.78 is 0. The monoisotopic (exact) mass is 265 g/mol. The van der Waals surface area contributed by atoms with Crippen molar-refractivity contribution in [1.82, 2.24) is 15.1 Å². The zero-order valence-corrected chi connectivity index (χ0v) is 12.3. The second-order valence-electron chi connectivity index (χ2n) is 6.60. The Balaban J connectivity index is 1.70. The number of nitrogens with one attached hydrogen (secondary N) is 1. The number of amides is 1. The largest absolute Gasteiger partial charge is 0.338 e. The van der Waals surface area contributed by atoms with Crippen LogP contribution in [0.5, 0.6) is 0 Å². The van der Waals surface area contributed by atoms with Crippen LogP contribution in [0.1, 0.15) is 39.0 Å². The highest BCUT2D eigenvalue weighted by atomic mass is 16.2. The van der Waals surface area contributed by atoms with Gasteiger partial charge in [0.05, 0.1) is 5.92 Å². The van der Waals surface area contributed by atoms with Gasteiger partial charge in [-0.05, 0) is 45.7 Å². The Labute approximate surface area is 116 Å². The first kappa shape index (κ1) is 13.4. The smallest absolute Gasteiger partial charge is 0.227 e. The van der Waals surface area contributed by atoms with E-state index in [0.717, 1.165) is 38.9 Å². The van der Waals surface area contributed by atoms with E-state index in [1.807, 2.05) is 0 Å². The number of carbonyl (C=O) groups excluding carboxylic acids is 1. The van der Waals surface area contributed by atoms with Gasteiger partial charge in [-0.2, -0.15) is 0 Å². The van der Waals surface area contributed by atoms with Crippen molar-refractivity contribution in [3.05, 3.63) is 0 Å². The summed E-state index contributed by atoms with van der Waals surface area (Å²) in [6.45, 7) is 5.32. The summed E-state index contributed by atoms with van der Waals surface area (Å²) in [4.78, 5) is 17.5. The average Bonchev–Trinajstić information content (AvgIpc) is 2.98. The van der Waals surface area contributed by atoms with E-state index in [0.29, 0.717) is 24.0 Å². The highest BCUT2D eigenvalue weighted by molar-refractivity contribution is 5.80. The molecule has 0 aromatic rings. The Hall–Kier alpha value is -0.610. The molecule has 3 rings (SSSR count). The van der Waals surface area contributed by atoms with Gasteiger partial charge in [-0.1, -0.05) is 6.92 Å². The van der Waals surface area contributed by atoms with Gasteiger partial charge in [-0.3, -0.25) is 4.79 Å². The number of fused-ring (bicyclic) bond motifs is 2. The second kappa shape index (κ2) is 5.41. The lowest BCUT2D eigenvalue weighted by Crippen LogP contribution is -2.48. The molecule has 3 aliphatic rings. The Morgan fingerprint density at radius 2 is 2.16 bits per heavy atom. The van der Waals surface area contributed by atoms with E-state index in [9.17, 15) is 4.79 Å². The maximum absolute atomic E-state index is 12.9. The first-order valence-corrected chi connectivity index (χ1v) is 7.94. The van der Waals surface area contributed by atoms with Gasteiger partial charge in [0.2, 0.25) is 5.91 Å². The van der Waals surface area contributed by atoms with Crippen molar-refractivity contribution in [3.8, 4) is 0 Å². The SMILES string of the molecule is CCC1CN(C)CCCN1C(=O)C1CC2CCC1N2. The summed E-state index contributed by atoms with van der Waals surface area (Å²) in [6.07, 6.45) is 5.74. The minimum absolute atomic E-state index is 0.260. The van der Waals surface area contributed by atoms with E-state index in [-0.39, 0.29) is 5.92 Å². The molecule has 4 atom stereocenters. The molecule has 0 aromatic carbocycles. The lowest BCUT2D eigenvalue weighted by molar-refractivity contribution is -0.138. The molecular formula is C15H27N3O. The molecule has 0 spiro atoms. The normalized spacial score (nSPS) is 39.6. The van der Waals surface area contributed by atoms with Crippen LogP contribution in [-0.4, -0.2) is 60.5 Å². The van der Waals surface area contributed by atoms with Crippen LogP contribution in [0, 0.1) is 5.92 Å². The third-order valence-corrected chi connectivity index (χ3v) is 5.27. The van der Waals surface area contributed by atoms with E-state index in [1.54, 1.807) is 0 Å². The van der Waals surface area contributed by atoms with Crippen LogP contribution in [0.4, 0.5) is 0 Å². The first-order valence-electron chi connectivity index (χ1n) is 7.94. The molecule has 0 radical (unpaired) electrons. The maximum Gasteiger partial charge on any atom is 0.227 e. The van der Waals surface area contributed by atoms with Crippen molar-refractivity contribution in [3.63, 3.8) is 0 Å². The standard InChI is InChI=1S/C15H27N3O/c1-3-12-10-17(2)7-4-8-18(12)15(19)13-9-11-5-6-14(13)16-11/h11-14,16H,3-10H2,1-2H3. The molecule has 0 aliphatic carbocycles. The Kier molecular flexibility index (Phi) is 3.81. The molecule has 3 aliphatic heterocycles. The Morgan fingerprint density at radius 3 is 2.79 bits per heavy atom. The highest BCUT2D eigenvalue weighted by Gasteiger charge is 2.45. The van der Waals surface area contributed by atoms with Crippen LogP contribution in [-0.2, 0) is 4.79 Å². The van der Waals surface area contributed by atoms with Crippen molar-refractivity contribution in [1.29, 1.82) is 0 Å². The fourth-order valence-electron chi connectivity index (χ4n) is 4.19. The summed E-state index contributed by atoms with van der Waals surface area (Å²) in [5, 5.41) is 3.60. The highest BCUT2D eigenvalue weighted by Crippen LogP contribution is 2.35. The van der Waals surface area contributed by atoms with Crippen molar-refractivity contribution in [2.75, 3.05) is 26.7 Å². The molecule has 108 valence electrons. The lowest BCUT2D eigenvalue weighted by atomic mass is 9.87. The van der Waals surface area contributed by atoms with Crippen molar-refractivity contribution >= 4 is 5.91 Å². The Bertz CT molecular complexity index is 346. The molecule has 4 unspecified atom stereocenters. The second-order valence-corrected chi connectivity index (χ2v) is 6.60.